The maximum atomic E-state index is 11.8. The Morgan fingerprint density at radius 3 is 2.71 bits per heavy atom. The van der Waals surface area contributed by atoms with Crippen molar-refractivity contribution in [1.82, 2.24) is 9.78 Å². The average molecular weight is 260 g/mol. The summed E-state index contributed by atoms with van der Waals surface area (Å²) in [5.41, 5.74) is 0.147. The van der Waals surface area contributed by atoms with Crippen LogP contribution in [0, 0.1) is 5.92 Å². The van der Waals surface area contributed by atoms with Gasteiger partial charge < -0.3 is 10.4 Å². The molecule has 17 heavy (non-hydrogen) atoms. The molecule has 0 amide bonds. The minimum Gasteiger partial charge on any atom is -0.392 e. The van der Waals surface area contributed by atoms with Crippen LogP contribution >= 0.6 is 11.6 Å². The maximum Gasteiger partial charge on any atom is 0.287 e. The molecular formula is C11H18ClN3O2. The van der Waals surface area contributed by atoms with E-state index in [-0.39, 0.29) is 10.6 Å². The first kappa shape index (κ1) is 14.0. The van der Waals surface area contributed by atoms with Gasteiger partial charge in [0.15, 0.2) is 0 Å². The molecule has 0 saturated heterocycles. The van der Waals surface area contributed by atoms with Crippen molar-refractivity contribution in [3.05, 3.63) is 21.6 Å². The molecule has 2 N–H and O–H groups in total. The minimum atomic E-state index is -0.510. The van der Waals surface area contributed by atoms with Crippen molar-refractivity contribution in [2.75, 3.05) is 11.9 Å². The number of nitrogens with zero attached hydrogens (tertiary/aromatic N) is 2. The van der Waals surface area contributed by atoms with E-state index in [1.54, 1.807) is 6.92 Å². The molecule has 1 rings (SSSR count). The van der Waals surface area contributed by atoms with Crippen molar-refractivity contribution < 1.29 is 5.11 Å². The smallest absolute Gasteiger partial charge is 0.287 e. The molecular weight excluding hydrogens is 242 g/mol. The predicted octanol–water partition coefficient (Wildman–Crippen LogP) is 1.35. The standard InChI is InChI=1S/C11H18ClN3O2/c1-7(2)6-15-11(17)10(12)9(5-14-15)13-4-8(3)16/h5,7-8,13,16H,4,6H2,1-3H3. The normalized spacial score (nSPS) is 12.8. The Morgan fingerprint density at radius 1 is 1.53 bits per heavy atom. The number of aromatic nitrogens is 2. The van der Waals surface area contributed by atoms with Gasteiger partial charge in [0.05, 0.1) is 18.0 Å². The maximum absolute atomic E-state index is 11.8. The van der Waals surface area contributed by atoms with Crippen molar-refractivity contribution in [1.29, 1.82) is 0 Å². The molecule has 6 heteroatoms. The molecule has 0 aliphatic rings. The van der Waals surface area contributed by atoms with E-state index < -0.39 is 6.10 Å². The van der Waals surface area contributed by atoms with E-state index in [0.29, 0.717) is 24.7 Å². The largest absolute Gasteiger partial charge is 0.392 e. The zero-order valence-electron chi connectivity index (χ0n) is 10.3. The van der Waals surface area contributed by atoms with Crippen molar-refractivity contribution in [2.24, 2.45) is 5.92 Å². The number of hydrogen-bond acceptors (Lipinski definition) is 4. The number of aliphatic hydroxyl groups is 1. The number of anilines is 1. The van der Waals surface area contributed by atoms with Crippen LogP contribution in [-0.2, 0) is 6.54 Å². The molecule has 1 atom stereocenters. The van der Waals surface area contributed by atoms with Gasteiger partial charge >= 0.3 is 0 Å². The molecule has 1 aromatic rings. The van der Waals surface area contributed by atoms with Gasteiger partial charge in [-0.3, -0.25) is 4.79 Å². The molecule has 0 bridgehead atoms. The van der Waals surface area contributed by atoms with Gasteiger partial charge in [-0.25, -0.2) is 4.68 Å². The lowest BCUT2D eigenvalue weighted by molar-refractivity contribution is 0.208. The summed E-state index contributed by atoms with van der Waals surface area (Å²) in [5, 5.41) is 16.2. The van der Waals surface area contributed by atoms with Crippen LogP contribution in [-0.4, -0.2) is 27.5 Å². The topological polar surface area (TPSA) is 67.2 Å². The van der Waals surface area contributed by atoms with Gasteiger partial charge in [-0.05, 0) is 12.8 Å². The second-order valence-corrected chi connectivity index (χ2v) is 4.86. The Labute approximate surface area is 105 Å². The van der Waals surface area contributed by atoms with Crippen LogP contribution in [0.2, 0.25) is 5.02 Å². The van der Waals surface area contributed by atoms with E-state index in [9.17, 15) is 4.79 Å². The third-order valence-electron chi connectivity index (χ3n) is 2.11. The molecule has 0 fully saturated rings. The first-order chi connectivity index (χ1) is 7.91. The summed E-state index contributed by atoms with van der Waals surface area (Å²) < 4.78 is 1.35. The highest BCUT2D eigenvalue weighted by Crippen LogP contribution is 2.15. The van der Waals surface area contributed by atoms with Gasteiger partial charge in [0.25, 0.3) is 5.56 Å². The Kier molecular flexibility index (Phi) is 4.96. The summed E-state index contributed by atoms with van der Waals surface area (Å²) in [6.45, 7) is 6.52. The number of hydrogen-bond donors (Lipinski definition) is 2. The van der Waals surface area contributed by atoms with E-state index in [1.165, 1.54) is 10.9 Å². The highest BCUT2D eigenvalue weighted by Gasteiger charge is 2.10. The minimum absolute atomic E-state index is 0.112. The summed E-state index contributed by atoms with van der Waals surface area (Å²) in [6.07, 6.45) is 0.998. The van der Waals surface area contributed by atoms with Crippen molar-refractivity contribution >= 4 is 17.3 Å². The van der Waals surface area contributed by atoms with Crippen LogP contribution in [0.4, 0.5) is 5.69 Å². The van der Waals surface area contributed by atoms with Crippen molar-refractivity contribution in [2.45, 2.75) is 33.4 Å². The second-order valence-electron chi connectivity index (χ2n) is 4.48. The Morgan fingerprint density at radius 2 is 2.18 bits per heavy atom. The monoisotopic (exact) mass is 259 g/mol. The highest BCUT2D eigenvalue weighted by molar-refractivity contribution is 6.32. The molecule has 0 spiro atoms. The fourth-order valence-electron chi connectivity index (χ4n) is 1.32. The first-order valence-electron chi connectivity index (χ1n) is 5.59. The van der Waals surface area contributed by atoms with Crippen LogP contribution in [0.15, 0.2) is 11.0 Å². The lowest BCUT2D eigenvalue weighted by atomic mass is 10.2. The van der Waals surface area contributed by atoms with E-state index >= 15 is 0 Å². The quantitative estimate of drug-likeness (QED) is 0.838. The van der Waals surface area contributed by atoms with Crippen LogP contribution in [0.25, 0.3) is 0 Å². The Balaban J connectivity index is 2.90. The molecule has 96 valence electrons. The van der Waals surface area contributed by atoms with E-state index in [4.69, 9.17) is 16.7 Å². The number of halogens is 1. The fourth-order valence-corrected chi connectivity index (χ4v) is 1.54. The zero-order chi connectivity index (χ0) is 13.0. The lowest BCUT2D eigenvalue weighted by Gasteiger charge is -2.12. The van der Waals surface area contributed by atoms with Gasteiger partial charge in [0, 0.05) is 13.1 Å². The third kappa shape index (κ3) is 4.02. The van der Waals surface area contributed by atoms with Gasteiger partial charge in [-0.1, -0.05) is 25.4 Å². The fraction of sp³-hybridized carbons (Fsp3) is 0.636. The molecule has 0 radical (unpaired) electrons. The molecule has 1 unspecified atom stereocenters. The van der Waals surface area contributed by atoms with Crippen LogP contribution < -0.4 is 10.9 Å². The van der Waals surface area contributed by atoms with Gasteiger partial charge in [-0.2, -0.15) is 5.10 Å². The van der Waals surface area contributed by atoms with E-state index in [0.717, 1.165) is 0 Å². The second kappa shape index (κ2) is 6.02. The summed E-state index contributed by atoms with van der Waals surface area (Å²) >= 11 is 5.95. The van der Waals surface area contributed by atoms with Crippen molar-refractivity contribution in [3.63, 3.8) is 0 Å². The third-order valence-corrected chi connectivity index (χ3v) is 2.48. The van der Waals surface area contributed by atoms with E-state index in [1.807, 2.05) is 13.8 Å². The van der Waals surface area contributed by atoms with Gasteiger partial charge in [0.1, 0.15) is 5.02 Å². The van der Waals surface area contributed by atoms with Gasteiger partial charge in [-0.15, -0.1) is 0 Å². The van der Waals surface area contributed by atoms with Crippen LogP contribution in [0.1, 0.15) is 20.8 Å². The first-order valence-corrected chi connectivity index (χ1v) is 5.97. The number of nitrogens with one attached hydrogen (secondary N) is 1. The molecule has 0 aliphatic carbocycles. The molecule has 0 saturated carbocycles. The van der Waals surface area contributed by atoms with E-state index in [2.05, 4.69) is 10.4 Å². The highest BCUT2D eigenvalue weighted by atomic mass is 35.5. The van der Waals surface area contributed by atoms with Crippen LogP contribution in [0.3, 0.4) is 0 Å². The zero-order valence-corrected chi connectivity index (χ0v) is 11.0. The number of rotatable bonds is 5. The molecule has 5 nitrogen and oxygen atoms in total. The summed E-state index contributed by atoms with van der Waals surface area (Å²) in [6, 6.07) is 0. The molecule has 0 aromatic carbocycles. The summed E-state index contributed by atoms with van der Waals surface area (Å²) in [7, 11) is 0. The Bertz CT molecular complexity index is 429. The number of aliphatic hydroxyl groups excluding tert-OH is 1. The Hall–Kier alpha value is -1.07. The van der Waals surface area contributed by atoms with Gasteiger partial charge in [0.2, 0.25) is 0 Å². The lowest BCUT2D eigenvalue weighted by Crippen LogP contribution is -2.27. The van der Waals surface area contributed by atoms with Crippen molar-refractivity contribution in [3.8, 4) is 0 Å². The molecule has 0 aliphatic heterocycles. The summed E-state index contributed by atoms with van der Waals surface area (Å²) in [4.78, 5) is 11.8. The predicted molar refractivity (Wildman–Crippen MR) is 68.5 cm³/mol. The molecule has 1 aromatic heterocycles. The average Bonchev–Trinajstić information content (AvgIpc) is 2.23. The summed E-state index contributed by atoms with van der Waals surface area (Å²) in [5.74, 6) is 0.326. The van der Waals surface area contributed by atoms with Crippen LogP contribution in [0.5, 0.6) is 0 Å². The molecule has 1 heterocycles. The SMILES string of the molecule is CC(C)Cn1ncc(NCC(C)O)c(Cl)c1=O.